The number of aromatic nitrogens is 2. The van der Waals surface area contributed by atoms with Crippen LogP contribution >= 0.6 is 0 Å². The van der Waals surface area contributed by atoms with Crippen LogP contribution in [0.1, 0.15) is 37.8 Å². The van der Waals surface area contributed by atoms with E-state index in [-0.39, 0.29) is 17.8 Å². The van der Waals surface area contributed by atoms with Crippen molar-refractivity contribution in [1.82, 2.24) is 9.97 Å². The summed E-state index contributed by atoms with van der Waals surface area (Å²) in [7, 11) is 0. The molecule has 9 heteroatoms. The van der Waals surface area contributed by atoms with Gasteiger partial charge in [0.15, 0.2) is 5.69 Å². The molecule has 1 aromatic heterocycles. The Labute approximate surface area is 146 Å². The maximum absolute atomic E-state index is 13.8. The number of rotatable bonds is 4. The molecule has 1 aromatic carbocycles. The monoisotopic (exact) mass is 372 g/mol. The van der Waals surface area contributed by atoms with E-state index in [1.807, 2.05) is 0 Å². The Morgan fingerprint density at radius 2 is 1.62 bits per heavy atom. The first-order valence-corrected chi connectivity index (χ1v) is 8.27. The molecule has 1 aliphatic rings. The number of alkyl halides is 3. The fraction of sp³-hybridized carbons (Fsp3) is 0.412. The van der Waals surface area contributed by atoms with Gasteiger partial charge in [-0.25, -0.2) is 13.8 Å². The van der Waals surface area contributed by atoms with Crippen molar-refractivity contribution in [3.63, 3.8) is 0 Å². The Bertz CT molecular complexity index is 752. The Morgan fingerprint density at radius 3 is 2.23 bits per heavy atom. The molecule has 4 nitrogen and oxygen atoms in total. The quantitative estimate of drug-likeness (QED) is 0.719. The number of hydrogen-bond donors (Lipinski definition) is 2. The van der Waals surface area contributed by atoms with Crippen LogP contribution < -0.4 is 10.6 Å². The van der Waals surface area contributed by atoms with E-state index in [9.17, 15) is 22.0 Å². The minimum absolute atomic E-state index is 0.0229. The fourth-order valence-electron chi connectivity index (χ4n) is 2.90. The van der Waals surface area contributed by atoms with Crippen LogP contribution in [0.2, 0.25) is 0 Å². The van der Waals surface area contributed by atoms with Gasteiger partial charge in [0.2, 0.25) is 5.95 Å². The molecule has 3 rings (SSSR count). The predicted octanol–water partition coefficient (Wildman–Crippen LogP) is 5.26. The van der Waals surface area contributed by atoms with Gasteiger partial charge >= 0.3 is 6.18 Å². The minimum Gasteiger partial charge on any atom is -0.351 e. The summed E-state index contributed by atoms with van der Waals surface area (Å²) >= 11 is 0. The number of hydrogen-bond acceptors (Lipinski definition) is 4. The summed E-state index contributed by atoms with van der Waals surface area (Å²) in [4.78, 5) is 7.46. The highest BCUT2D eigenvalue weighted by Crippen LogP contribution is 2.32. The molecule has 26 heavy (non-hydrogen) atoms. The van der Waals surface area contributed by atoms with Gasteiger partial charge in [0.1, 0.15) is 23.1 Å². The Balaban J connectivity index is 1.92. The summed E-state index contributed by atoms with van der Waals surface area (Å²) < 4.78 is 66.9. The maximum atomic E-state index is 13.8. The zero-order valence-corrected chi connectivity index (χ0v) is 13.7. The van der Waals surface area contributed by atoms with Crippen LogP contribution in [0.5, 0.6) is 0 Å². The molecule has 1 heterocycles. The summed E-state index contributed by atoms with van der Waals surface area (Å²) in [5.41, 5.74) is -1.76. The van der Waals surface area contributed by atoms with Gasteiger partial charge in [-0.3, -0.25) is 0 Å². The third-order valence-corrected chi connectivity index (χ3v) is 4.17. The highest BCUT2D eigenvalue weighted by atomic mass is 19.4. The van der Waals surface area contributed by atoms with Gasteiger partial charge in [-0.05, 0) is 25.0 Å². The van der Waals surface area contributed by atoms with Crippen molar-refractivity contribution in [3.05, 3.63) is 41.6 Å². The molecular weight excluding hydrogens is 355 g/mol. The van der Waals surface area contributed by atoms with E-state index in [0.29, 0.717) is 6.07 Å². The van der Waals surface area contributed by atoms with Crippen molar-refractivity contribution in [2.24, 2.45) is 0 Å². The average molecular weight is 372 g/mol. The second-order valence-corrected chi connectivity index (χ2v) is 6.16. The number of para-hydroxylation sites is 1. The molecular formula is C17H17F5N4. The molecule has 2 N–H and O–H groups in total. The average Bonchev–Trinajstić information content (AvgIpc) is 2.58. The van der Waals surface area contributed by atoms with Gasteiger partial charge in [-0.2, -0.15) is 18.2 Å². The van der Waals surface area contributed by atoms with Crippen LogP contribution in [-0.4, -0.2) is 16.0 Å². The molecule has 0 unspecified atom stereocenters. The normalized spacial score (nSPS) is 15.7. The molecule has 0 atom stereocenters. The molecule has 0 radical (unpaired) electrons. The van der Waals surface area contributed by atoms with E-state index in [0.717, 1.165) is 50.3 Å². The van der Waals surface area contributed by atoms with E-state index < -0.39 is 29.2 Å². The summed E-state index contributed by atoms with van der Waals surface area (Å²) in [5.74, 6) is -2.42. The van der Waals surface area contributed by atoms with E-state index in [1.54, 1.807) is 0 Å². The lowest BCUT2D eigenvalue weighted by Crippen LogP contribution is -2.24. The molecule has 1 saturated carbocycles. The fourth-order valence-corrected chi connectivity index (χ4v) is 2.90. The zero-order valence-electron chi connectivity index (χ0n) is 13.7. The highest BCUT2D eigenvalue weighted by Gasteiger charge is 2.34. The molecule has 2 aromatic rings. The van der Waals surface area contributed by atoms with Crippen molar-refractivity contribution >= 4 is 17.5 Å². The molecule has 0 amide bonds. The minimum atomic E-state index is -4.71. The van der Waals surface area contributed by atoms with Crippen LogP contribution in [0.25, 0.3) is 0 Å². The van der Waals surface area contributed by atoms with Crippen LogP contribution in [0, 0.1) is 11.6 Å². The number of nitrogens with one attached hydrogen (secondary N) is 2. The summed E-state index contributed by atoms with van der Waals surface area (Å²) in [6, 6.07) is 3.76. The first-order chi connectivity index (χ1) is 12.3. The molecule has 0 aliphatic heterocycles. The molecule has 0 bridgehead atoms. The van der Waals surface area contributed by atoms with Crippen LogP contribution in [0.4, 0.5) is 39.4 Å². The van der Waals surface area contributed by atoms with Crippen molar-refractivity contribution in [3.8, 4) is 0 Å². The first-order valence-electron chi connectivity index (χ1n) is 8.27. The first kappa shape index (κ1) is 18.3. The standard InChI is InChI=1S/C17H17F5N4/c18-11-7-4-8-12(19)15(11)25-14-9-13(17(20,21)22)24-16(26-14)23-10-5-2-1-3-6-10/h4,7-10H,1-3,5-6H2,(H2,23,24,25,26). The lowest BCUT2D eigenvalue weighted by Gasteiger charge is -2.23. The lowest BCUT2D eigenvalue weighted by atomic mass is 9.96. The lowest BCUT2D eigenvalue weighted by molar-refractivity contribution is -0.141. The second-order valence-electron chi connectivity index (χ2n) is 6.16. The third kappa shape index (κ3) is 4.39. The molecule has 1 aliphatic carbocycles. The summed E-state index contributed by atoms with van der Waals surface area (Å²) in [5, 5.41) is 5.19. The van der Waals surface area contributed by atoms with Crippen molar-refractivity contribution < 1.29 is 22.0 Å². The smallest absolute Gasteiger partial charge is 0.351 e. The van der Waals surface area contributed by atoms with Gasteiger partial charge in [0.05, 0.1) is 0 Å². The Kier molecular flexibility index (Phi) is 5.24. The van der Waals surface area contributed by atoms with Gasteiger partial charge in [-0.1, -0.05) is 25.3 Å². The van der Waals surface area contributed by atoms with E-state index >= 15 is 0 Å². The Morgan fingerprint density at radius 1 is 0.962 bits per heavy atom. The van der Waals surface area contributed by atoms with E-state index in [2.05, 4.69) is 20.6 Å². The number of anilines is 3. The number of nitrogens with zero attached hydrogens (tertiary/aromatic N) is 2. The van der Waals surface area contributed by atoms with Crippen molar-refractivity contribution in [1.29, 1.82) is 0 Å². The van der Waals surface area contributed by atoms with E-state index in [1.165, 1.54) is 0 Å². The predicted molar refractivity (Wildman–Crippen MR) is 87.2 cm³/mol. The number of benzene rings is 1. The largest absolute Gasteiger partial charge is 0.433 e. The molecule has 0 spiro atoms. The van der Waals surface area contributed by atoms with Crippen LogP contribution in [0.3, 0.4) is 0 Å². The topological polar surface area (TPSA) is 49.8 Å². The third-order valence-electron chi connectivity index (χ3n) is 4.17. The molecule has 0 saturated heterocycles. The van der Waals surface area contributed by atoms with Gasteiger partial charge in [0, 0.05) is 12.1 Å². The number of halogens is 5. The van der Waals surface area contributed by atoms with Crippen LogP contribution in [0.15, 0.2) is 24.3 Å². The van der Waals surface area contributed by atoms with Gasteiger partial charge < -0.3 is 10.6 Å². The van der Waals surface area contributed by atoms with Crippen LogP contribution in [-0.2, 0) is 6.18 Å². The van der Waals surface area contributed by atoms with Gasteiger partial charge in [-0.15, -0.1) is 0 Å². The second kappa shape index (κ2) is 7.43. The molecule has 1 fully saturated rings. The summed E-state index contributed by atoms with van der Waals surface area (Å²) in [6.07, 6.45) is -0.0594. The maximum Gasteiger partial charge on any atom is 0.433 e. The Hall–Kier alpha value is -2.45. The SMILES string of the molecule is Fc1cccc(F)c1Nc1cc(C(F)(F)F)nc(NC2CCCCC2)n1. The summed E-state index contributed by atoms with van der Waals surface area (Å²) in [6.45, 7) is 0. The van der Waals surface area contributed by atoms with Gasteiger partial charge in [0.25, 0.3) is 0 Å². The van der Waals surface area contributed by atoms with Crippen molar-refractivity contribution in [2.75, 3.05) is 10.6 Å². The van der Waals surface area contributed by atoms with E-state index in [4.69, 9.17) is 0 Å². The zero-order chi connectivity index (χ0) is 18.7. The highest BCUT2D eigenvalue weighted by molar-refractivity contribution is 5.59. The molecule has 140 valence electrons. The van der Waals surface area contributed by atoms with Crippen molar-refractivity contribution in [2.45, 2.75) is 44.3 Å².